The van der Waals surface area contributed by atoms with Gasteiger partial charge in [0.1, 0.15) is 5.75 Å². The van der Waals surface area contributed by atoms with Crippen molar-refractivity contribution in [2.75, 3.05) is 12.4 Å². The Kier molecular flexibility index (Phi) is 3.88. The second-order valence-corrected chi connectivity index (χ2v) is 4.29. The van der Waals surface area contributed by atoms with Crippen LogP contribution in [-0.4, -0.2) is 23.2 Å². The van der Waals surface area contributed by atoms with Crippen molar-refractivity contribution in [1.82, 2.24) is 10.2 Å². The lowest BCUT2D eigenvalue weighted by Crippen LogP contribution is -2.12. The Morgan fingerprint density at radius 3 is 2.83 bits per heavy atom. The summed E-state index contributed by atoms with van der Waals surface area (Å²) in [5.41, 5.74) is 1.08. The molecule has 5 nitrogen and oxygen atoms in total. The fraction of sp³-hybridized carbons (Fsp3) is 0.0833. The highest BCUT2D eigenvalue weighted by Gasteiger charge is 2.09. The van der Waals surface area contributed by atoms with Crippen LogP contribution < -0.4 is 10.1 Å². The first-order chi connectivity index (χ1) is 8.70. The first kappa shape index (κ1) is 12.5. The van der Waals surface area contributed by atoms with Crippen molar-refractivity contribution in [1.29, 1.82) is 0 Å². The van der Waals surface area contributed by atoms with Gasteiger partial charge >= 0.3 is 0 Å². The van der Waals surface area contributed by atoms with Crippen LogP contribution >= 0.6 is 15.9 Å². The number of methoxy groups -OCH3 is 1. The van der Waals surface area contributed by atoms with Crippen molar-refractivity contribution in [2.45, 2.75) is 0 Å². The summed E-state index contributed by atoms with van der Waals surface area (Å²) in [6, 6.07) is 6.93. The number of halogens is 1. The van der Waals surface area contributed by atoms with E-state index in [0.717, 1.165) is 4.47 Å². The van der Waals surface area contributed by atoms with Gasteiger partial charge in [-0.05, 0) is 34.1 Å². The Bertz CT molecular complexity index is 561. The molecule has 0 spiro atoms. The lowest BCUT2D eigenvalue weighted by atomic mass is 10.2. The highest BCUT2D eigenvalue weighted by atomic mass is 79.9. The lowest BCUT2D eigenvalue weighted by Gasteiger charge is -2.08. The highest BCUT2D eigenvalue weighted by molar-refractivity contribution is 9.10. The third-order valence-electron chi connectivity index (χ3n) is 2.27. The van der Waals surface area contributed by atoms with Crippen LogP contribution in [0.4, 0.5) is 5.69 Å². The number of benzene rings is 1. The number of nitrogens with one attached hydrogen (secondary N) is 1. The Morgan fingerprint density at radius 1 is 1.33 bits per heavy atom. The van der Waals surface area contributed by atoms with Gasteiger partial charge in [-0.2, -0.15) is 10.2 Å². The van der Waals surface area contributed by atoms with Crippen LogP contribution in [0.3, 0.4) is 0 Å². The molecular weight excluding hydrogens is 298 g/mol. The molecule has 2 aromatic rings. The quantitative estimate of drug-likeness (QED) is 0.946. The third kappa shape index (κ3) is 2.84. The standard InChI is InChI=1S/C12H10BrN3O2/c1-18-9-2-3-10(13)11(6-9)16-12(17)8-4-5-14-15-7-8/h2-7H,1H3,(H,16,17). The molecule has 0 saturated carbocycles. The number of rotatable bonds is 3. The highest BCUT2D eigenvalue weighted by Crippen LogP contribution is 2.27. The molecule has 0 atom stereocenters. The number of hydrogen-bond acceptors (Lipinski definition) is 4. The summed E-state index contributed by atoms with van der Waals surface area (Å²) >= 11 is 3.36. The van der Waals surface area contributed by atoms with Crippen LogP contribution in [0.2, 0.25) is 0 Å². The van der Waals surface area contributed by atoms with Gasteiger partial charge in [0.25, 0.3) is 5.91 Å². The molecule has 0 aliphatic heterocycles. The van der Waals surface area contributed by atoms with E-state index in [2.05, 4.69) is 31.4 Å². The van der Waals surface area contributed by atoms with E-state index >= 15 is 0 Å². The summed E-state index contributed by atoms with van der Waals surface area (Å²) in [4.78, 5) is 11.9. The van der Waals surface area contributed by atoms with Crippen LogP contribution in [0.5, 0.6) is 5.75 Å². The van der Waals surface area contributed by atoms with E-state index < -0.39 is 0 Å². The fourth-order valence-corrected chi connectivity index (χ4v) is 1.69. The molecule has 18 heavy (non-hydrogen) atoms. The molecule has 1 aromatic heterocycles. The number of nitrogens with zero attached hydrogens (tertiary/aromatic N) is 2. The topological polar surface area (TPSA) is 64.1 Å². The summed E-state index contributed by atoms with van der Waals surface area (Å²) in [6.45, 7) is 0. The first-order valence-electron chi connectivity index (χ1n) is 5.12. The molecule has 0 saturated heterocycles. The normalized spacial score (nSPS) is 9.89. The summed E-state index contributed by atoms with van der Waals surface area (Å²) in [5.74, 6) is 0.417. The largest absolute Gasteiger partial charge is 0.497 e. The van der Waals surface area contributed by atoms with Crippen molar-refractivity contribution >= 4 is 27.5 Å². The zero-order valence-electron chi connectivity index (χ0n) is 9.55. The lowest BCUT2D eigenvalue weighted by molar-refractivity contribution is 0.102. The van der Waals surface area contributed by atoms with Gasteiger partial charge in [0, 0.05) is 10.5 Å². The number of hydrogen-bond donors (Lipinski definition) is 1. The van der Waals surface area contributed by atoms with E-state index in [1.165, 1.54) is 12.4 Å². The molecule has 0 fully saturated rings. The predicted molar refractivity (Wildman–Crippen MR) is 70.7 cm³/mol. The van der Waals surface area contributed by atoms with Crippen LogP contribution in [0.1, 0.15) is 10.4 Å². The molecule has 6 heteroatoms. The van der Waals surface area contributed by atoms with Crippen molar-refractivity contribution in [3.63, 3.8) is 0 Å². The maximum Gasteiger partial charge on any atom is 0.257 e. The molecule has 1 amide bonds. The average Bonchev–Trinajstić information content (AvgIpc) is 2.42. The molecule has 0 aliphatic rings. The van der Waals surface area contributed by atoms with E-state index in [1.807, 2.05) is 0 Å². The minimum Gasteiger partial charge on any atom is -0.497 e. The van der Waals surface area contributed by atoms with Gasteiger partial charge in [-0.3, -0.25) is 4.79 Å². The van der Waals surface area contributed by atoms with Crippen molar-refractivity contribution < 1.29 is 9.53 Å². The van der Waals surface area contributed by atoms with Crippen molar-refractivity contribution in [2.24, 2.45) is 0 Å². The monoisotopic (exact) mass is 307 g/mol. The Balaban J connectivity index is 2.21. The molecule has 0 radical (unpaired) electrons. The van der Waals surface area contributed by atoms with Gasteiger partial charge in [0.2, 0.25) is 0 Å². The van der Waals surface area contributed by atoms with Gasteiger partial charge in [-0.1, -0.05) is 0 Å². The molecule has 92 valence electrons. The number of ether oxygens (including phenoxy) is 1. The number of anilines is 1. The van der Waals surface area contributed by atoms with Crippen molar-refractivity contribution in [3.8, 4) is 5.75 Å². The fourth-order valence-electron chi connectivity index (χ4n) is 1.35. The third-order valence-corrected chi connectivity index (χ3v) is 2.96. The molecular formula is C12H10BrN3O2. The number of carbonyl (C=O) groups is 1. The minimum absolute atomic E-state index is 0.251. The van der Waals surface area contributed by atoms with E-state index in [1.54, 1.807) is 31.4 Å². The average molecular weight is 308 g/mol. The van der Waals surface area contributed by atoms with E-state index in [4.69, 9.17) is 4.74 Å². The van der Waals surface area contributed by atoms with E-state index in [9.17, 15) is 4.79 Å². The SMILES string of the molecule is COc1ccc(Br)c(NC(=O)c2ccnnc2)c1. The van der Waals surface area contributed by atoms with Gasteiger partial charge < -0.3 is 10.1 Å². The summed E-state index contributed by atoms with van der Waals surface area (Å²) in [7, 11) is 1.57. The van der Waals surface area contributed by atoms with Crippen LogP contribution in [-0.2, 0) is 0 Å². The first-order valence-corrected chi connectivity index (χ1v) is 5.91. The van der Waals surface area contributed by atoms with Crippen molar-refractivity contribution in [3.05, 3.63) is 46.7 Å². The second kappa shape index (κ2) is 5.59. The molecule has 2 rings (SSSR count). The molecule has 1 N–H and O–H groups in total. The van der Waals surface area contributed by atoms with Gasteiger partial charge in [-0.15, -0.1) is 0 Å². The number of amides is 1. The second-order valence-electron chi connectivity index (χ2n) is 3.43. The smallest absolute Gasteiger partial charge is 0.257 e. The molecule has 0 aliphatic carbocycles. The van der Waals surface area contributed by atoms with Crippen LogP contribution in [0.15, 0.2) is 41.1 Å². The molecule has 0 bridgehead atoms. The van der Waals surface area contributed by atoms with Crippen LogP contribution in [0, 0.1) is 0 Å². The maximum atomic E-state index is 11.9. The molecule has 1 aromatic carbocycles. The Morgan fingerprint density at radius 2 is 2.17 bits per heavy atom. The summed E-state index contributed by atoms with van der Waals surface area (Å²) < 4.78 is 5.88. The summed E-state index contributed by atoms with van der Waals surface area (Å²) in [5, 5.41) is 10.0. The maximum absolute atomic E-state index is 11.9. The van der Waals surface area contributed by atoms with Gasteiger partial charge in [0.15, 0.2) is 0 Å². The molecule has 1 heterocycles. The zero-order valence-corrected chi connectivity index (χ0v) is 11.1. The predicted octanol–water partition coefficient (Wildman–Crippen LogP) is 2.50. The number of carbonyl (C=O) groups excluding carboxylic acids is 1. The Hall–Kier alpha value is -1.95. The zero-order chi connectivity index (χ0) is 13.0. The van der Waals surface area contributed by atoms with Crippen LogP contribution in [0.25, 0.3) is 0 Å². The number of aromatic nitrogens is 2. The van der Waals surface area contributed by atoms with E-state index in [0.29, 0.717) is 17.0 Å². The summed E-state index contributed by atoms with van der Waals surface area (Å²) in [6.07, 6.45) is 2.87. The Labute approximate surface area is 112 Å². The van der Waals surface area contributed by atoms with Gasteiger partial charge in [0.05, 0.1) is 30.8 Å². The van der Waals surface area contributed by atoms with Gasteiger partial charge in [-0.25, -0.2) is 0 Å². The minimum atomic E-state index is -0.251. The van der Waals surface area contributed by atoms with E-state index in [-0.39, 0.29) is 5.91 Å². The molecule has 0 unspecified atom stereocenters.